The van der Waals surface area contributed by atoms with Crippen molar-refractivity contribution in [3.05, 3.63) is 0 Å². The summed E-state index contributed by atoms with van der Waals surface area (Å²) in [5, 5.41) is 0. The molecule has 0 spiro atoms. The van der Waals surface area contributed by atoms with Crippen LogP contribution in [0.5, 0.6) is 0 Å². The van der Waals surface area contributed by atoms with Crippen molar-refractivity contribution >= 4 is 5.91 Å². The molecule has 1 aliphatic rings. The average molecular weight is 283 g/mol. The second-order valence-electron chi connectivity index (χ2n) is 1.92. The van der Waals surface area contributed by atoms with Crippen LogP contribution in [0.3, 0.4) is 0 Å². The van der Waals surface area contributed by atoms with Gasteiger partial charge in [-0.25, -0.2) is 0 Å². The van der Waals surface area contributed by atoms with E-state index in [0.717, 1.165) is 19.4 Å². The molecule has 0 bridgehead atoms. The molecule has 0 atom stereocenters. The van der Waals surface area contributed by atoms with Gasteiger partial charge in [0.15, 0.2) is 0 Å². The van der Waals surface area contributed by atoms with Crippen LogP contribution in [0.4, 0.5) is 0 Å². The molecule has 1 amide bonds. The van der Waals surface area contributed by atoms with Crippen molar-refractivity contribution in [3.8, 4) is 0 Å². The Balaban J connectivity index is 0.000000490. The van der Waals surface area contributed by atoms with E-state index in [2.05, 4.69) is 0 Å². The topological polar surface area (TPSA) is 20.3 Å². The first-order chi connectivity index (χ1) is 3.30. The molecule has 0 aliphatic carbocycles. The molecule has 1 aliphatic heterocycles. The van der Waals surface area contributed by atoms with Crippen molar-refractivity contribution in [1.29, 1.82) is 0 Å². The molecule has 1 fully saturated rings. The minimum atomic E-state index is 0. The Labute approximate surface area is 63.5 Å². The van der Waals surface area contributed by atoms with Crippen LogP contribution in [-0.4, -0.2) is 24.4 Å². The van der Waals surface area contributed by atoms with Gasteiger partial charge in [-0.3, -0.25) is 4.79 Å². The fourth-order valence-electron chi connectivity index (χ4n) is 0.783. The molecule has 0 N–H and O–H groups in total. The third kappa shape index (κ3) is 1.59. The van der Waals surface area contributed by atoms with Gasteiger partial charge in [-0.1, -0.05) is 0 Å². The fraction of sp³-hybridized carbons (Fsp3) is 0.800. The van der Waals surface area contributed by atoms with E-state index in [1.807, 2.05) is 7.05 Å². The Morgan fingerprint density at radius 2 is 2.25 bits per heavy atom. The number of carbonyl (C=O) groups excluding carboxylic acids is 1. The molecular weight excluding hydrogens is 274 g/mol. The zero-order valence-corrected chi connectivity index (χ0v) is 7.82. The summed E-state index contributed by atoms with van der Waals surface area (Å²) in [7, 11) is 1.84. The van der Waals surface area contributed by atoms with Crippen molar-refractivity contribution in [2.45, 2.75) is 12.8 Å². The molecule has 46 valence electrons. The number of likely N-dealkylation sites (tertiary alicyclic amines) is 1. The van der Waals surface area contributed by atoms with Gasteiger partial charge >= 0.3 is 0 Å². The summed E-state index contributed by atoms with van der Waals surface area (Å²) in [5.74, 6) is 0.292. The molecule has 3 heteroatoms. The van der Waals surface area contributed by atoms with Crippen LogP contribution in [0.1, 0.15) is 12.8 Å². The van der Waals surface area contributed by atoms with Gasteiger partial charge < -0.3 is 4.90 Å². The van der Waals surface area contributed by atoms with Crippen LogP contribution in [0.25, 0.3) is 0 Å². The number of nitrogens with zero attached hydrogens (tertiary/aromatic N) is 1. The molecule has 2 nitrogen and oxygen atoms in total. The maximum Gasteiger partial charge on any atom is 0.222 e. The smallest absolute Gasteiger partial charge is 0.222 e. The molecule has 1 rings (SSSR count). The van der Waals surface area contributed by atoms with Gasteiger partial charge in [0.05, 0.1) is 0 Å². The van der Waals surface area contributed by atoms with Gasteiger partial charge in [0.2, 0.25) is 5.91 Å². The van der Waals surface area contributed by atoms with Crippen LogP contribution in [-0.2, 0) is 25.9 Å². The van der Waals surface area contributed by atoms with Crippen molar-refractivity contribution in [3.63, 3.8) is 0 Å². The number of amides is 1. The molecule has 1 heterocycles. The predicted molar refractivity (Wildman–Crippen MR) is 26.9 cm³/mol. The summed E-state index contributed by atoms with van der Waals surface area (Å²) in [6, 6.07) is 0. The maximum absolute atomic E-state index is 10.5. The van der Waals surface area contributed by atoms with E-state index in [-0.39, 0.29) is 21.1 Å². The molecule has 0 aromatic carbocycles. The number of rotatable bonds is 0. The molecule has 0 aromatic rings. The van der Waals surface area contributed by atoms with Crippen LogP contribution in [0.2, 0.25) is 0 Å². The zero-order chi connectivity index (χ0) is 5.28. The molecule has 0 unspecified atom stereocenters. The van der Waals surface area contributed by atoms with Gasteiger partial charge in [-0.15, -0.1) is 0 Å². The summed E-state index contributed by atoms with van der Waals surface area (Å²) >= 11 is 0. The predicted octanol–water partition coefficient (Wildman–Crippen LogP) is 0.236. The number of hydrogen-bond donors (Lipinski definition) is 0. The third-order valence-electron chi connectivity index (χ3n) is 1.31. The Bertz CT molecular complexity index is 94.4. The van der Waals surface area contributed by atoms with Crippen molar-refractivity contribution < 1.29 is 25.9 Å². The van der Waals surface area contributed by atoms with E-state index in [0.29, 0.717) is 5.91 Å². The second-order valence-corrected chi connectivity index (χ2v) is 1.92. The summed E-state index contributed by atoms with van der Waals surface area (Å²) in [4.78, 5) is 12.3. The Kier molecular flexibility index (Phi) is 3.30. The van der Waals surface area contributed by atoms with Crippen molar-refractivity contribution in [1.82, 2.24) is 4.90 Å². The Morgan fingerprint density at radius 1 is 1.62 bits per heavy atom. The maximum atomic E-state index is 10.5. The normalized spacial score (nSPS) is 18.6. The molecular formula is C5H9NOW. The number of hydrogen-bond acceptors (Lipinski definition) is 1. The second kappa shape index (κ2) is 3.24. The van der Waals surface area contributed by atoms with Gasteiger partial charge in [0, 0.05) is 41.1 Å². The molecule has 0 saturated carbocycles. The van der Waals surface area contributed by atoms with E-state index in [4.69, 9.17) is 0 Å². The molecule has 0 radical (unpaired) electrons. The fourth-order valence-corrected chi connectivity index (χ4v) is 0.783. The van der Waals surface area contributed by atoms with Gasteiger partial charge in [-0.05, 0) is 6.42 Å². The van der Waals surface area contributed by atoms with Crippen molar-refractivity contribution in [2.75, 3.05) is 13.6 Å². The molecule has 1 saturated heterocycles. The first-order valence-corrected chi connectivity index (χ1v) is 2.54. The summed E-state index contributed by atoms with van der Waals surface area (Å²) in [5.41, 5.74) is 0. The van der Waals surface area contributed by atoms with Crippen LogP contribution < -0.4 is 0 Å². The van der Waals surface area contributed by atoms with Gasteiger partial charge in [0.1, 0.15) is 0 Å². The minimum absolute atomic E-state index is 0. The quantitative estimate of drug-likeness (QED) is 0.623. The third-order valence-corrected chi connectivity index (χ3v) is 1.31. The molecule has 0 aromatic heterocycles. The summed E-state index contributed by atoms with van der Waals surface area (Å²) in [6.07, 6.45) is 1.81. The Hall–Kier alpha value is 0.158. The summed E-state index contributed by atoms with van der Waals surface area (Å²) in [6.45, 7) is 0.957. The average Bonchev–Trinajstić information content (AvgIpc) is 1.91. The largest absolute Gasteiger partial charge is 0.346 e. The monoisotopic (exact) mass is 283 g/mol. The standard InChI is InChI=1S/C5H9NO.W/c1-6-4-2-3-5(6)7;/h2-4H2,1H3;. The minimum Gasteiger partial charge on any atom is -0.346 e. The van der Waals surface area contributed by atoms with E-state index in [1.54, 1.807) is 4.90 Å². The zero-order valence-electron chi connectivity index (χ0n) is 4.89. The van der Waals surface area contributed by atoms with Gasteiger partial charge in [-0.2, -0.15) is 0 Å². The SMILES string of the molecule is CN1CCCC1=O.[W]. The van der Waals surface area contributed by atoms with Crippen molar-refractivity contribution in [2.24, 2.45) is 0 Å². The van der Waals surface area contributed by atoms with Crippen LogP contribution in [0, 0.1) is 0 Å². The Morgan fingerprint density at radius 3 is 2.38 bits per heavy atom. The van der Waals surface area contributed by atoms with Crippen LogP contribution >= 0.6 is 0 Å². The van der Waals surface area contributed by atoms with E-state index >= 15 is 0 Å². The van der Waals surface area contributed by atoms with Crippen LogP contribution in [0.15, 0.2) is 0 Å². The van der Waals surface area contributed by atoms with Gasteiger partial charge in [0.25, 0.3) is 0 Å². The van der Waals surface area contributed by atoms with E-state index < -0.39 is 0 Å². The first kappa shape index (κ1) is 8.16. The summed E-state index contributed by atoms with van der Waals surface area (Å²) < 4.78 is 0. The van der Waals surface area contributed by atoms with E-state index in [1.165, 1.54) is 0 Å². The first-order valence-electron chi connectivity index (χ1n) is 2.54. The number of carbonyl (C=O) groups is 1. The molecule has 8 heavy (non-hydrogen) atoms. The van der Waals surface area contributed by atoms with E-state index in [9.17, 15) is 4.79 Å².